The maximum atomic E-state index is 5.89. The van der Waals surface area contributed by atoms with Gasteiger partial charge in [-0.1, -0.05) is 18.2 Å². The number of para-hydroxylation sites is 1. The van der Waals surface area contributed by atoms with Gasteiger partial charge < -0.3 is 10.5 Å². The minimum Gasteiger partial charge on any atom is -0.476 e. The third-order valence-corrected chi connectivity index (χ3v) is 2.95. The molecule has 5 heteroatoms. The van der Waals surface area contributed by atoms with Gasteiger partial charge in [0.15, 0.2) is 0 Å². The van der Waals surface area contributed by atoms with E-state index in [0.717, 1.165) is 23.2 Å². The molecule has 3 aromatic rings. The molecule has 0 saturated carbocycles. The van der Waals surface area contributed by atoms with E-state index in [9.17, 15) is 0 Å². The predicted molar refractivity (Wildman–Crippen MR) is 73.0 cm³/mol. The van der Waals surface area contributed by atoms with Crippen LogP contribution in [0.5, 0.6) is 5.88 Å². The van der Waals surface area contributed by atoms with Crippen molar-refractivity contribution in [1.82, 2.24) is 14.6 Å². The van der Waals surface area contributed by atoms with Crippen LogP contribution in [-0.2, 0) is 6.42 Å². The summed E-state index contributed by atoms with van der Waals surface area (Å²) in [5.41, 5.74) is 8.63. The van der Waals surface area contributed by atoms with Gasteiger partial charge in [0.2, 0.25) is 5.88 Å². The molecule has 0 unspecified atom stereocenters. The Kier molecular flexibility index (Phi) is 3.02. The lowest BCUT2D eigenvalue weighted by molar-refractivity contribution is 0.312. The monoisotopic (exact) mass is 254 g/mol. The van der Waals surface area contributed by atoms with Crippen LogP contribution in [0.15, 0.2) is 48.9 Å². The highest BCUT2D eigenvalue weighted by Crippen LogP contribution is 2.16. The van der Waals surface area contributed by atoms with Crippen LogP contribution in [0.4, 0.5) is 5.69 Å². The van der Waals surface area contributed by atoms with Crippen molar-refractivity contribution >= 4 is 11.2 Å². The number of nitrogens with zero attached hydrogens (tertiary/aromatic N) is 3. The second-order valence-electron chi connectivity index (χ2n) is 4.19. The number of nitrogens with two attached hydrogens (primary N) is 1. The van der Waals surface area contributed by atoms with Gasteiger partial charge in [-0.15, -0.1) is 0 Å². The molecule has 0 saturated heterocycles. The molecule has 2 heterocycles. The van der Waals surface area contributed by atoms with Gasteiger partial charge in [-0.05, 0) is 17.7 Å². The smallest absolute Gasteiger partial charge is 0.240 e. The second kappa shape index (κ2) is 4.97. The molecule has 5 nitrogen and oxygen atoms in total. The number of aromatic nitrogens is 3. The first-order valence-corrected chi connectivity index (χ1v) is 6.09. The fraction of sp³-hybridized carbons (Fsp3) is 0.143. The maximum Gasteiger partial charge on any atom is 0.240 e. The van der Waals surface area contributed by atoms with Crippen LogP contribution in [0, 0.1) is 0 Å². The van der Waals surface area contributed by atoms with E-state index in [1.807, 2.05) is 30.3 Å². The molecule has 0 radical (unpaired) electrons. The lowest BCUT2D eigenvalue weighted by Crippen LogP contribution is -2.05. The summed E-state index contributed by atoms with van der Waals surface area (Å²) in [4.78, 5) is 4.22. The van der Waals surface area contributed by atoms with Gasteiger partial charge >= 0.3 is 0 Å². The summed E-state index contributed by atoms with van der Waals surface area (Å²) in [6.07, 6.45) is 5.94. The van der Waals surface area contributed by atoms with Gasteiger partial charge in [0.25, 0.3) is 0 Å². The Bertz CT molecular complexity index is 692. The molecule has 0 atom stereocenters. The second-order valence-corrected chi connectivity index (χ2v) is 4.19. The fourth-order valence-electron chi connectivity index (χ4n) is 1.96. The van der Waals surface area contributed by atoms with Crippen molar-refractivity contribution in [3.63, 3.8) is 0 Å². The van der Waals surface area contributed by atoms with Crippen LogP contribution in [0.2, 0.25) is 0 Å². The van der Waals surface area contributed by atoms with E-state index < -0.39 is 0 Å². The number of hydrogen-bond donors (Lipinski definition) is 1. The van der Waals surface area contributed by atoms with Crippen LogP contribution in [0.3, 0.4) is 0 Å². The molecule has 0 fully saturated rings. The molecule has 0 aliphatic rings. The number of hydrogen-bond acceptors (Lipinski definition) is 4. The number of fused-ring (bicyclic) bond motifs is 1. The Morgan fingerprint density at radius 1 is 1.16 bits per heavy atom. The minimum absolute atomic E-state index is 0.534. The molecule has 2 N–H and O–H groups in total. The zero-order valence-electron chi connectivity index (χ0n) is 10.4. The Labute approximate surface area is 110 Å². The lowest BCUT2D eigenvalue weighted by atomic mass is 10.1. The van der Waals surface area contributed by atoms with E-state index >= 15 is 0 Å². The molecular weight excluding hydrogens is 240 g/mol. The fourth-order valence-corrected chi connectivity index (χ4v) is 1.96. The Balaban J connectivity index is 1.70. The predicted octanol–water partition coefficient (Wildman–Crippen LogP) is 1.93. The van der Waals surface area contributed by atoms with Gasteiger partial charge in [-0.3, -0.25) is 0 Å². The highest BCUT2D eigenvalue weighted by molar-refractivity contribution is 5.54. The number of ether oxygens (including phenoxy) is 1. The molecule has 1 aromatic carbocycles. The van der Waals surface area contributed by atoms with Gasteiger partial charge in [0.1, 0.15) is 5.52 Å². The average Bonchev–Trinajstić information content (AvgIpc) is 2.90. The number of rotatable bonds is 4. The molecule has 0 spiro atoms. The largest absolute Gasteiger partial charge is 0.476 e. The van der Waals surface area contributed by atoms with Crippen molar-refractivity contribution in [3.05, 3.63) is 54.5 Å². The van der Waals surface area contributed by atoms with E-state index in [1.165, 1.54) is 0 Å². The molecular formula is C14H14N4O. The summed E-state index contributed by atoms with van der Waals surface area (Å²) in [6.45, 7) is 0.534. The SMILES string of the molecule is Nc1ccccc1CCOc1nccn2nccc12. The van der Waals surface area contributed by atoms with Crippen molar-refractivity contribution in [2.24, 2.45) is 0 Å². The first-order chi connectivity index (χ1) is 9.34. The standard InChI is InChI=1S/C14H14N4O/c15-12-4-2-1-3-11(12)6-10-19-14-13-5-7-17-18(13)9-8-16-14/h1-5,7-9H,6,10,15H2. The highest BCUT2D eigenvalue weighted by atomic mass is 16.5. The first kappa shape index (κ1) is 11.5. The van der Waals surface area contributed by atoms with Crippen molar-refractivity contribution < 1.29 is 4.74 Å². The zero-order chi connectivity index (χ0) is 13.1. The van der Waals surface area contributed by atoms with E-state index in [2.05, 4.69) is 10.1 Å². The minimum atomic E-state index is 0.534. The Hall–Kier alpha value is -2.56. The highest BCUT2D eigenvalue weighted by Gasteiger charge is 2.04. The van der Waals surface area contributed by atoms with Crippen LogP contribution < -0.4 is 10.5 Å². The normalized spacial score (nSPS) is 10.7. The van der Waals surface area contributed by atoms with Gasteiger partial charge in [-0.25, -0.2) is 9.50 Å². The summed E-state index contributed by atoms with van der Waals surface area (Å²) < 4.78 is 7.44. The van der Waals surface area contributed by atoms with Crippen LogP contribution in [-0.4, -0.2) is 21.2 Å². The van der Waals surface area contributed by atoms with Gasteiger partial charge in [0, 0.05) is 24.5 Å². The number of anilines is 1. The van der Waals surface area contributed by atoms with E-state index in [1.54, 1.807) is 23.1 Å². The summed E-state index contributed by atoms with van der Waals surface area (Å²) in [5.74, 6) is 0.592. The van der Waals surface area contributed by atoms with Crippen molar-refractivity contribution in [1.29, 1.82) is 0 Å². The van der Waals surface area contributed by atoms with E-state index in [0.29, 0.717) is 12.5 Å². The average molecular weight is 254 g/mol. The molecule has 0 aliphatic heterocycles. The Morgan fingerprint density at radius 3 is 2.95 bits per heavy atom. The third kappa shape index (κ3) is 2.35. The number of nitrogen functional groups attached to an aromatic ring is 1. The summed E-state index contributed by atoms with van der Waals surface area (Å²) in [5, 5.41) is 4.14. The van der Waals surface area contributed by atoms with Crippen LogP contribution in [0.1, 0.15) is 5.56 Å². The zero-order valence-corrected chi connectivity index (χ0v) is 10.4. The molecule has 19 heavy (non-hydrogen) atoms. The first-order valence-electron chi connectivity index (χ1n) is 6.09. The van der Waals surface area contributed by atoms with Crippen LogP contribution >= 0.6 is 0 Å². The Morgan fingerprint density at radius 2 is 2.05 bits per heavy atom. The van der Waals surface area contributed by atoms with Gasteiger partial charge in [-0.2, -0.15) is 5.10 Å². The molecule has 0 bridgehead atoms. The van der Waals surface area contributed by atoms with Crippen LogP contribution in [0.25, 0.3) is 5.52 Å². The molecule has 96 valence electrons. The molecule has 3 rings (SSSR count). The number of benzene rings is 1. The topological polar surface area (TPSA) is 65.4 Å². The molecule has 0 amide bonds. The maximum absolute atomic E-state index is 5.89. The van der Waals surface area contributed by atoms with E-state index in [-0.39, 0.29) is 0 Å². The molecule has 2 aromatic heterocycles. The summed E-state index contributed by atoms with van der Waals surface area (Å²) in [7, 11) is 0. The van der Waals surface area contributed by atoms with Gasteiger partial charge in [0.05, 0.1) is 12.8 Å². The van der Waals surface area contributed by atoms with Crippen molar-refractivity contribution in [3.8, 4) is 5.88 Å². The summed E-state index contributed by atoms with van der Waals surface area (Å²) in [6, 6.07) is 9.67. The summed E-state index contributed by atoms with van der Waals surface area (Å²) >= 11 is 0. The quantitative estimate of drug-likeness (QED) is 0.722. The molecule has 0 aliphatic carbocycles. The third-order valence-electron chi connectivity index (χ3n) is 2.95. The van der Waals surface area contributed by atoms with Crippen molar-refractivity contribution in [2.75, 3.05) is 12.3 Å². The van der Waals surface area contributed by atoms with Crippen molar-refractivity contribution in [2.45, 2.75) is 6.42 Å². The lowest BCUT2D eigenvalue weighted by Gasteiger charge is -2.08. The van der Waals surface area contributed by atoms with E-state index in [4.69, 9.17) is 10.5 Å².